The van der Waals surface area contributed by atoms with Crippen molar-refractivity contribution in [2.75, 3.05) is 39.6 Å². The SMILES string of the molecule is CCCCCCCCCCCCCCCCCCC(=O)O[C@H](COC(=O)CCCCCCCCCCCC(C)C)COP(=O)(O)OC[C@@H](O)COP(=O)(O)OC[C@@H](COC(=O)CCCCCCCCCC(C)C)OC(=O)CCCCCCCCCCCC(C)C. The number of phosphoric acid groups is 2. The standard InChI is InChI=1S/C71H138O17P2/c1-8-9-10-11-12-13-14-15-16-17-18-19-24-32-40-47-54-70(75)87-66(58-81-68(73)52-45-38-31-25-20-22-28-35-42-49-62(2)3)60-85-89(77,78)83-56-65(72)57-84-90(79,80)86-61-67(59-82-69(74)53-46-39-34-27-30-37-44-51-64(6)7)88-71(76)55-48-41-33-26-21-23-29-36-43-50-63(4)5/h62-67,72H,8-61H2,1-7H3,(H,77,78)(H,79,80)/t65-,66-,67-/m1/s1. The maximum atomic E-state index is 13.0. The molecule has 3 N–H and O–H groups in total. The van der Waals surface area contributed by atoms with Crippen LogP contribution in [0.3, 0.4) is 0 Å². The zero-order valence-electron chi connectivity index (χ0n) is 58.6. The molecule has 534 valence electrons. The van der Waals surface area contributed by atoms with E-state index in [4.69, 9.17) is 37.0 Å². The molecule has 0 saturated heterocycles. The first-order valence-corrected chi connectivity index (χ1v) is 39.8. The van der Waals surface area contributed by atoms with E-state index in [0.717, 1.165) is 108 Å². The minimum Gasteiger partial charge on any atom is -0.462 e. The second-order valence-corrected chi connectivity index (χ2v) is 30.0. The third-order valence-electron chi connectivity index (χ3n) is 16.4. The van der Waals surface area contributed by atoms with Gasteiger partial charge in [-0.3, -0.25) is 37.3 Å². The monoisotopic (exact) mass is 1320 g/mol. The number of esters is 4. The summed E-state index contributed by atoms with van der Waals surface area (Å²) >= 11 is 0. The van der Waals surface area contributed by atoms with Gasteiger partial charge in [0.25, 0.3) is 0 Å². The van der Waals surface area contributed by atoms with Crippen molar-refractivity contribution in [2.45, 2.75) is 375 Å². The van der Waals surface area contributed by atoms with Gasteiger partial charge in [0.05, 0.1) is 26.4 Å². The quantitative estimate of drug-likeness (QED) is 0.0222. The third-order valence-corrected chi connectivity index (χ3v) is 18.3. The predicted molar refractivity (Wildman–Crippen MR) is 363 cm³/mol. The van der Waals surface area contributed by atoms with Gasteiger partial charge in [-0.2, -0.15) is 0 Å². The molecule has 19 heteroatoms. The molecule has 0 saturated carbocycles. The zero-order valence-corrected chi connectivity index (χ0v) is 60.4. The van der Waals surface area contributed by atoms with Gasteiger partial charge >= 0.3 is 39.5 Å². The molecule has 0 aliphatic rings. The van der Waals surface area contributed by atoms with E-state index in [-0.39, 0.29) is 25.7 Å². The van der Waals surface area contributed by atoms with Crippen LogP contribution in [0.4, 0.5) is 0 Å². The molecule has 0 bridgehead atoms. The minimum atomic E-state index is -4.95. The van der Waals surface area contributed by atoms with Gasteiger partial charge in [0, 0.05) is 25.7 Å². The number of carbonyl (C=O) groups is 4. The van der Waals surface area contributed by atoms with E-state index < -0.39 is 97.5 Å². The number of aliphatic hydroxyl groups excluding tert-OH is 1. The van der Waals surface area contributed by atoms with Crippen molar-refractivity contribution in [3.8, 4) is 0 Å². The molecule has 0 aromatic heterocycles. The molecule has 0 rings (SSSR count). The minimum absolute atomic E-state index is 0.104. The van der Waals surface area contributed by atoms with E-state index in [2.05, 4.69) is 48.5 Å². The Labute approximate surface area is 549 Å². The van der Waals surface area contributed by atoms with E-state index in [0.29, 0.717) is 31.6 Å². The first kappa shape index (κ1) is 88.1. The molecule has 0 radical (unpaired) electrons. The van der Waals surface area contributed by atoms with Crippen molar-refractivity contribution in [1.29, 1.82) is 0 Å². The molecular formula is C71H138O17P2. The Bertz CT molecular complexity index is 1770. The normalized spacial score (nSPS) is 14.2. The van der Waals surface area contributed by atoms with E-state index in [1.165, 1.54) is 161 Å². The Morgan fingerprint density at radius 1 is 0.300 bits per heavy atom. The van der Waals surface area contributed by atoms with Crippen LogP contribution in [0, 0.1) is 17.8 Å². The summed E-state index contributed by atoms with van der Waals surface area (Å²) in [5.74, 6) is 0.0594. The van der Waals surface area contributed by atoms with E-state index in [9.17, 15) is 43.2 Å². The van der Waals surface area contributed by atoms with Gasteiger partial charge in [0.1, 0.15) is 19.3 Å². The molecule has 17 nitrogen and oxygen atoms in total. The van der Waals surface area contributed by atoms with Crippen LogP contribution < -0.4 is 0 Å². The van der Waals surface area contributed by atoms with Gasteiger partial charge in [-0.15, -0.1) is 0 Å². The van der Waals surface area contributed by atoms with E-state index in [1.807, 2.05) is 0 Å². The van der Waals surface area contributed by atoms with Crippen LogP contribution in [0.25, 0.3) is 0 Å². The van der Waals surface area contributed by atoms with Crippen molar-refractivity contribution in [2.24, 2.45) is 17.8 Å². The van der Waals surface area contributed by atoms with Crippen LogP contribution in [0.1, 0.15) is 357 Å². The Balaban J connectivity index is 5.25. The van der Waals surface area contributed by atoms with Crippen LogP contribution in [0.5, 0.6) is 0 Å². The van der Waals surface area contributed by atoms with Crippen molar-refractivity contribution < 1.29 is 80.2 Å². The highest BCUT2D eigenvalue weighted by Crippen LogP contribution is 2.45. The average Bonchev–Trinajstić information content (AvgIpc) is 2.43. The lowest BCUT2D eigenvalue weighted by Gasteiger charge is -2.21. The first-order valence-electron chi connectivity index (χ1n) is 36.8. The van der Waals surface area contributed by atoms with E-state index in [1.54, 1.807) is 0 Å². The molecule has 0 aliphatic heterocycles. The molecule has 0 spiro atoms. The van der Waals surface area contributed by atoms with Gasteiger partial charge < -0.3 is 33.8 Å². The Morgan fingerprint density at radius 3 is 0.756 bits per heavy atom. The van der Waals surface area contributed by atoms with Crippen molar-refractivity contribution in [1.82, 2.24) is 0 Å². The molecule has 0 amide bonds. The lowest BCUT2D eigenvalue weighted by Crippen LogP contribution is -2.30. The summed E-state index contributed by atoms with van der Waals surface area (Å²) < 4.78 is 68.3. The highest BCUT2D eigenvalue weighted by Gasteiger charge is 2.30. The van der Waals surface area contributed by atoms with Crippen molar-refractivity contribution in [3.05, 3.63) is 0 Å². The van der Waals surface area contributed by atoms with Gasteiger partial charge in [-0.1, -0.05) is 305 Å². The first-order chi connectivity index (χ1) is 43.2. The van der Waals surface area contributed by atoms with Crippen LogP contribution in [0.15, 0.2) is 0 Å². The lowest BCUT2D eigenvalue weighted by atomic mass is 10.0. The van der Waals surface area contributed by atoms with Crippen molar-refractivity contribution in [3.63, 3.8) is 0 Å². The number of rotatable bonds is 69. The average molecular weight is 1330 g/mol. The number of carbonyl (C=O) groups excluding carboxylic acids is 4. The zero-order chi connectivity index (χ0) is 66.6. The number of hydrogen-bond donors (Lipinski definition) is 3. The molecule has 90 heavy (non-hydrogen) atoms. The third kappa shape index (κ3) is 64.8. The number of aliphatic hydroxyl groups is 1. The molecule has 0 aromatic carbocycles. The van der Waals surface area contributed by atoms with Gasteiger partial charge in [-0.25, -0.2) is 9.13 Å². The summed E-state index contributed by atoms with van der Waals surface area (Å²) in [6.07, 6.45) is 45.9. The highest BCUT2D eigenvalue weighted by molar-refractivity contribution is 7.47. The predicted octanol–water partition coefficient (Wildman–Crippen LogP) is 20.2. The molecule has 0 heterocycles. The fourth-order valence-electron chi connectivity index (χ4n) is 10.7. The van der Waals surface area contributed by atoms with Gasteiger partial charge in [-0.05, 0) is 43.4 Å². The van der Waals surface area contributed by atoms with E-state index >= 15 is 0 Å². The summed E-state index contributed by atoms with van der Waals surface area (Å²) in [6, 6.07) is 0. The largest absolute Gasteiger partial charge is 0.472 e. The number of phosphoric ester groups is 2. The van der Waals surface area contributed by atoms with Crippen molar-refractivity contribution >= 4 is 39.5 Å². The van der Waals surface area contributed by atoms with Crippen LogP contribution in [0.2, 0.25) is 0 Å². The molecule has 0 aliphatic carbocycles. The molecule has 2 unspecified atom stereocenters. The number of ether oxygens (including phenoxy) is 4. The lowest BCUT2D eigenvalue weighted by molar-refractivity contribution is -0.161. The molecule has 0 fully saturated rings. The molecule has 0 aromatic rings. The Hall–Kier alpha value is -1.94. The Morgan fingerprint density at radius 2 is 0.511 bits per heavy atom. The van der Waals surface area contributed by atoms with Crippen LogP contribution in [-0.4, -0.2) is 96.7 Å². The number of hydrogen-bond acceptors (Lipinski definition) is 15. The molecule has 5 atom stereocenters. The van der Waals surface area contributed by atoms with Crippen LogP contribution in [-0.2, 0) is 65.4 Å². The number of unbranched alkanes of at least 4 members (excludes halogenated alkanes) is 37. The summed E-state index contributed by atoms with van der Waals surface area (Å²) in [6.45, 7) is 11.8. The second kappa shape index (κ2) is 61.9. The summed E-state index contributed by atoms with van der Waals surface area (Å²) in [4.78, 5) is 72.6. The summed E-state index contributed by atoms with van der Waals surface area (Å²) in [7, 11) is -9.90. The second-order valence-electron chi connectivity index (χ2n) is 27.1. The fraction of sp³-hybridized carbons (Fsp3) is 0.944. The van der Waals surface area contributed by atoms with Gasteiger partial charge in [0.15, 0.2) is 12.2 Å². The maximum absolute atomic E-state index is 13.0. The van der Waals surface area contributed by atoms with Crippen LogP contribution >= 0.6 is 15.6 Å². The Kier molecular flexibility index (Phi) is 60.6. The summed E-state index contributed by atoms with van der Waals surface area (Å²) in [5.41, 5.74) is 0. The van der Waals surface area contributed by atoms with Gasteiger partial charge in [0.2, 0.25) is 0 Å². The molecular weight excluding hydrogens is 1190 g/mol. The highest BCUT2D eigenvalue weighted by atomic mass is 31.2. The summed E-state index contributed by atoms with van der Waals surface area (Å²) in [5, 5.41) is 10.6. The topological polar surface area (TPSA) is 237 Å². The fourth-order valence-corrected chi connectivity index (χ4v) is 12.3. The maximum Gasteiger partial charge on any atom is 0.472 e. The smallest absolute Gasteiger partial charge is 0.462 e.